The van der Waals surface area contributed by atoms with Crippen LogP contribution >= 0.6 is 11.8 Å². The molecule has 0 aliphatic heterocycles. The Labute approximate surface area is 110 Å². The van der Waals surface area contributed by atoms with E-state index in [9.17, 15) is 4.79 Å². The highest BCUT2D eigenvalue weighted by atomic mass is 32.2. The number of fused-ring (bicyclic) bond motifs is 1. The third kappa shape index (κ3) is 3.04. The summed E-state index contributed by atoms with van der Waals surface area (Å²) in [6.45, 7) is 3.75. The van der Waals surface area contributed by atoms with Gasteiger partial charge in [0.2, 0.25) is 0 Å². The van der Waals surface area contributed by atoms with Gasteiger partial charge in [0.25, 0.3) is 0 Å². The number of H-pyrrole nitrogens is 1. The lowest BCUT2D eigenvalue weighted by Crippen LogP contribution is -2.12. The molecule has 2 rings (SSSR count). The molecule has 0 bridgehead atoms. The van der Waals surface area contributed by atoms with E-state index >= 15 is 0 Å². The largest absolute Gasteiger partial charge is 0.480 e. The summed E-state index contributed by atoms with van der Waals surface area (Å²) in [5.41, 5.74) is 3.21. The van der Waals surface area contributed by atoms with Gasteiger partial charge in [0.05, 0.1) is 16.3 Å². The first kappa shape index (κ1) is 13.0. The van der Waals surface area contributed by atoms with Crippen LogP contribution in [0.5, 0.6) is 0 Å². The highest BCUT2D eigenvalue weighted by molar-refractivity contribution is 8.00. The molecule has 0 saturated heterocycles. The van der Waals surface area contributed by atoms with E-state index < -0.39 is 5.97 Å². The van der Waals surface area contributed by atoms with Crippen LogP contribution in [0.25, 0.3) is 11.0 Å². The molecule has 1 atom stereocenters. The summed E-state index contributed by atoms with van der Waals surface area (Å²) < 4.78 is 0. The molecule has 0 amide bonds. The quantitative estimate of drug-likeness (QED) is 0.871. The molecule has 2 N–H and O–H groups in total. The summed E-state index contributed by atoms with van der Waals surface area (Å²) in [5.74, 6) is 0.910. The Morgan fingerprint density at radius 2 is 2.33 bits per heavy atom. The van der Waals surface area contributed by atoms with Gasteiger partial charge in [-0.3, -0.25) is 4.79 Å². The number of carboxylic acid groups (broad SMARTS) is 1. The summed E-state index contributed by atoms with van der Waals surface area (Å²) in [7, 11) is 0. The van der Waals surface area contributed by atoms with Crippen molar-refractivity contribution >= 4 is 28.8 Å². The van der Waals surface area contributed by atoms with Gasteiger partial charge in [0.1, 0.15) is 5.82 Å². The molecule has 1 heterocycles. The predicted octanol–water partition coefficient (Wildman–Crippen LogP) is 2.62. The van der Waals surface area contributed by atoms with E-state index in [1.54, 1.807) is 6.92 Å². The van der Waals surface area contributed by atoms with Crippen LogP contribution in [-0.2, 0) is 11.2 Å². The molecule has 4 nitrogen and oxygen atoms in total. The molecule has 0 fully saturated rings. The fraction of sp³-hybridized carbons (Fsp3) is 0.385. The number of imidazole rings is 1. The number of aliphatic carboxylic acids is 1. The number of benzene rings is 1. The van der Waals surface area contributed by atoms with Gasteiger partial charge in [-0.15, -0.1) is 11.8 Å². The zero-order chi connectivity index (χ0) is 13.1. The number of nitrogens with one attached hydrogen (secondary N) is 1. The van der Waals surface area contributed by atoms with Gasteiger partial charge in [-0.1, -0.05) is 6.07 Å². The molecule has 0 aliphatic carbocycles. The Kier molecular flexibility index (Phi) is 3.91. The van der Waals surface area contributed by atoms with E-state index in [1.807, 2.05) is 19.1 Å². The van der Waals surface area contributed by atoms with Crippen molar-refractivity contribution < 1.29 is 9.90 Å². The van der Waals surface area contributed by atoms with Gasteiger partial charge in [0.15, 0.2) is 0 Å². The summed E-state index contributed by atoms with van der Waals surface area (Å²) in [6.07, 6.45) is 0.760. The molecule has 5 heteroatoms. The number of rotatable bonds is 5. The van der Waals surface area contributed by atoms with E-state index in [4.69, 9.17) is 5.11 Å². The van der Waals surface area contributed by atoms with Gasteiger partial charge in [-0.2, -0.15) is 0 Å². The molecule has 0 aliphatic rings. The number of hydrogen-bond donors (Lipinski definition) is 2. The van der Waals surface area contributed by atoms with Crippen molar-refractivity contribution in [1.29, 1.82) is 0 Å². The highest BCUT2D eigenvalue weighted by Gasteiger charge is 2.11. The maximum atomic E-state index is 10.7. The molecule has 96 valence electrons. The highest BCUT2D eigenvalue weighted by Crippen LogP contribution is 2.16. The number of carboxylic acids is 1. The summed E-state index contributed by atoms with van der Waals surface area (Å²) in [4.78, 5) is 18.4. The maximum absolute atomic E-state index is 10.7. The van der Waals surface area contributed by atoms with Crippen LogP contribution in [0.3, 0.4) is 0 Å². The van der Waals surface area contributed by atoms with Crippen LogP contribution in [0.4, 0.5) is 0 Å². The monoisotopic (exact) mass is 264 g/mol. The average molecular weight is 264 g/mol. The van der Waals surface area contributed by atoms with Gasteiger partial charge >= 0.3 is 5.97 Å². The molecule has 0 spiro atoms. The summed E-state index contributed by atoms with van der Waals surface area (Å²) in [6, 6.07) is 6.10. The van der Waals surface area contributed by atoms with Crippen LogP contribution in [-0.4, -0.2) is 32.0 Å². The lowest BCUT2D eigenvalue weighted by Gasteiger charge is -2.03. The Hall–Kier alpha value is -1.49. The van der Waals surface area contributed by atoms with Crippen LogP contribution < -0.4 is 0 Å². The van der Waals surface area contributed by atoms with Crippen LogP contribution in [0.15, 0.2) is 18.2 Å². The number of thioether (sulfide) groups is 1. The second-order valence-electron chi connectivity index (χ2n) is 4.31. The second-order valence-corrected chi connectivity index (χ2v) is 5.75. The van der Waals surface area contributed by atoms with Crippen molar-refractivity contribution in [1.82, 2.24) is 9.97 Å². The van der Waals surface area contributed by atoms with E-state index in [0.29, 0.717) is 0 Å². The average Bonchev–Trinajstić information content (AvgIpc) is 2.70. The number of aromatic amines is 1. The van der Waals surface area contributed by atoms with Gasteiger partial charge in [0, 0.05) is 12.2 Å². The Morgan fingerprint density at radius 1 is 1.56 bits per heavy atom. The summed E-state index contributed by atoms with van der Waals surface area (Å²) in [5, 5.41) is 8.42. The number of hydrogen-bond acceptors (Lipinski definition) is 3. The maximum Gasteiger partial charge on any atom is 0.316 e. The van der Waals surface area contributed by atoms with Crippen molar-refractivity contribution in [3.8, 4) is 0 Å². The number of aryl methyl sites for hydroxylation is 2. The lowest BCUT2D eigenvalue weighted by molar-refractivity contribution is -0.136. The topological polar surface area (TPSA) is 66.0 Å². The van der Waals surface area contributed by atoms with Gasteiger partial charge < -0.3 is 10.1 Å². The number of nitrogens with zero attached hydrogens (tertiary/aromatic N) is 1. The first-order valence-electron chi connectivity index (χ1n) is 5.86. The molecule has 2 aromatic rings. The molecule has 1 aromatic carbocycles. The standard InChI is InChI=1S/C13H16N2O2S/c1-8-3-4-10-11(7-8)15-12(14-10)5-6-18-9(2)13(16)17/h3-4,7,9H,5-6H2,1-2H3,(H,14,15)(H,16,17). The minimum atomic E-state index is -0.764. The normalized spacial score (nSPS) is 12.8. The Morgan fingerprint density at radius 3 is 3.06 bits per heavy atom. The van der Waals surface area contributed by atoms with Crippen molar-refractivity contribution in [2.24, 2.45) is 0 Å². The van der Waals surface area contributed by atoms with E-state index in [-0.39, 0.29) is 5.25 Å². The van der Waals surface area contributed by atoms with Crippen molar-refractivity contribution in [2.45, 2.75) is 25.5 Å². The Balaban J connectivity index is 1.98. The summed E-state index contributed by atoms with van der Waals surface area (Å²) >= 11 is 1.43. The minimum Gasteiger partial charge on any atom is -0.480 e. The molecular weight excluding hydrogens is 248 g/mol. The SMILES string of the molecule is Cc1ccc2nc(CCSC(C)C(=O)O)[nH]c2c1. The fourth-order valence-corrected chi connectivity index (χ4v) is 2.51. The molecule has 1 aromatic heterocycles. The third-order valence-electron chi connectivity index (χ3n) is 2.74. The zero-order valence-electron chi connectivity index (χ0n) is 10.4. The first-order valence-corrected chi connectivity index (χ1v) is 6.91. The molecule has 0 radical (unpaired) electrons. The van der Waals surface area contributed by atoms with E-state index in [1.165, 1.54) is 17.3 Å². The van der Waals surface area contributed by atoms with Gasteiger partial charge in [-0.25, -0.2) is 4.98 Å². The fourth-order valence-electron chi connectivity index (χ4n) is 1.70. The number of carbonyl (C=O) groups is 1. The van der Waals surface area contributed by atoms with Crippen LogP contribution in [0.1, 0.15) is 18.3 Å². The third-order valence-corrected chi connectivity index (χ3v) is 3.88. The smallest absolute Gasteiger partial charge is 0.316 e. The lowest BCUT2D eigenvalue weighted by atomic mass is 10.2. The van der Waals surface area contributed by atoms with E-state index in [0.717, 1.165) is 29.0 Å². The van der Waals surface area contributed by atoms with E-state index in [2.05, 4.69) is 16.0 Å². The van der Waals surface area contributed by atoms with Crippen molar-refractivity contribution in [3.63, 3.8) is 0 Å². The molecule has 0 saturated carbocycles. The minimum absolute atomic E-state index is 0.364. The number of aromatic nitrogens is 2. The second kappa shape index (κ2) is 5.44. The zero-order valence-corrected chi connectivity index (χ0v) is 11.3. The molecular formula is C13H16N2O2S. The Bertz CT molecular complexity index is 565. The molecule has 1 unspecified atom stereocenters. The van der Waals surface area contributed by atoms with Gasteiger partial charge in [-0.05, 0) is 31.5 Å². The predicted molar refractivity (Wildman–Crippen MR) is 74.1 cm³/mol. The first-order chi connectivity index (χ1) is 8.56. The van der Waals surface area contributed by atoms with Crippen LogP contribution in [0, 0.1) is 6.92 Å². The van der Waals surface area contributed by atoms with Crippen molar-refractivity contribution in [2.75, 3.05) is 5.75 Å². The van der Waals surface area contributed by atoms with Crippen molar-refractivity contribution in [3.05, 3.63) is 29.6 Å². The van der Waals surface area contributed by atoms with Crippen LogP contribution in [0.2, 0.25) is 0 Å². The molecule has 18 heavy (non-hydrogen) atoms.